The number of likely N-dealkylation sites (tertiary alicyclic amines) is 1. The molecule has 0 bridgehead atoms. The number of hydrogen-bond donors (Lipinski definition) is 1. The predicted octanol–water partition coefficient (Wildman–Crippen LogP) is 3.06. The smallest absolute Gasteiger partial charge is 0.258 e. The number of ether oxygens (including phenoxy) is 2. The van der Waals surface area contributed by atoms with E-state index in [4.69, 9.17) is 14.7 Å². The van der Waals surface area contributed by atoms with Gasteiger partial charge in [0.15, 0.2) is 18.2 Å². The summed E-state index contributed by atoms with van der Waals surface area (Å²) in [6.45, 7) is 2.30. The molecule has 1 saturated heterocycles. The van der Waals surface area contributed by atoms with E-state index in [1.54, 1.807) is 18.2 Å². The van der Waals surface area contributed by atoms with E-state index in [1.165, 1.54) is 13.2 Å². The summed E-state index contributed by atoms with van der Waals surface area (Å²) in [5.41, 5.74) is 1.82. The first-order valence-corrected chi connectivity index (χ1v) is 10.00. The van der Waals surface area contributed by atoms with Crippen LogP contribution in [0.2, 0.25) is 0 Å². The Balaban J connectivity index is 1.38. The second kappa shape index (κ2) is 10.6. The molecular formula is C23H26FN3O3. The van der Waals surface area contributed by atoms with Gasteiger partial charge in [0.1, 0.15) is 5.75 Å². The Morgan fingerprint density at radius 2 is 1.90 bits per heavy atom. The summed E-state index contributed by atoms with van der Waals surface area (Å²) >= 11 is 0. The van der Waals surface area contributed by atoms with Gasteiger partial charge in [-0.2, -0.15) is 5.26 Å². The lowest BCUT2D eigenvalue weighted by Gasteiger charge is -2.32. The zero-order valence-electron chi connectivity index (χ0n) is 17.1. The number of nitrogens with zero attached hydrogens (tertiary/aromatic N) is 2. The second-order valence-corrected chi connectivity index (χ2v) is 7.35. The molecule has 0 radical (unpaired) electrons. The van der Waals surface area contributed by atoms with Gasteiger partial charge in [0.05, 0.1) is 19.6 Å². The van der Waals surface area contributed by atoms with Crippen molar-refractivity contribution in [3.05, 3.63) is 59.4 Å². The average Bonchev–Trinajstić information content (AvgIpc) is 2.75. The first kappa shape index (κ1) is 21.6. The predicted molar refractivity (Wildman–Crippen MR) is 111 cm³/mol. The number of methoxy groups -OCH3 is 1. The first-order chi connectivity index (χ1) is 14.6. The summed E-state index contributed by atoms with van der Waals surface area (Å²) in [5, 5.41) is 11.7. The van der Waals surface area contributed by atoms with Gasteiger partial charge in [-0.25, -0.2) is 4.39 Å². The summed E-state index contributed by atoms with van der Waals surface area (Å²) in [7, 11) is 1.45. The van der Waals surface area contributed by atoms with Crippen molar-refractivity contribution in [2.24, 2.45) is 0 Å². The molecule has 1 aliphatic heterocycles. The minimum atomic E-state index is -0.350. The highest BCUT2D eigenvalue weighted by Crippen LogP contribution is 2.20. The summed E-state index contributed by atoms with van der Waals surface area (Å²) < 4.78 is 24.3. The molecule has 1 aliphatic rings. The zero-order valence-corrected chi connectivity index (χ0v) is 17.1. The Hall–Kier alpha value is -3.11. The molecule has 3 rings (SSSR count). The highest BCUT2D eigenvalue weighted by atomic mass is 19.1. The minimum absolute atomic E-state index is 0.0388. The van der Waals surface area contributed by atoms with Gasteiger partial charge in [-0.15, -0.1) is 0 Å². The fraction of sp³-hybridized carbons (Fsp3) is 0.391. The van der Waals surface area contributed by atoms with Crippen LogP contribution in [0.1, 0.15) is 24.0 Å². The van der Waals surface area contributed by atoms with Gasteiger partial charge in [0.2, 0.25) is 0 Å². The maximum Gasteiger partial charge on any atom is 0.258 e. The number of carbonyl (C=O) groups is 1. The molecule has 0 saturated carbocycles. The molecule has 0 spiro atoms. The molecule has 1 N–H and O–H groups in total. The Kier molecular flexibility index (Phi) is 7.63. The van der Waals surface area contributed by atoms with Crippen molar-refractivity contribution in [2.45, 2.75) is 31.8 Å². The number of amides is 1. The number of hydrogen-bond acceptors (Lipinski definition) is 5. The maximum absolute atomic E-state index is 13.8. The van der Waals surface area contributed by atoms with E-state index in [1.807, 2.05) is 18.2 Å². The number of halogens is 1. The fourth-order valence-corrected chi connectivity index (χ4v) is 3.51. The number of rotatable bonds is 8. The summed E-state index contributed by atoms with van der Waals surface area (Å²) in [6, 6.07) is 14.4. The molecular weight excluding hydrogens is 385 g/mol. The average molecular weight is 411 g/mol. The molecule has 2 aromatic rings. The van der Waals surface area contributed by atoms with Gasteiger partial charge >= 0.3 is 0 Å². The van der Waals surface area contributed by atoms with Crippen LogP contribution in [-0.2, 0) is 17.8 Å². The highest BCUT2D eigenvalue weighted by molar-refractivity contribution is 5.77. The summed E-state index contributed by atoms with van der Waals surface area (Å²) in [6.07, 6.45) is 2.04. The number of carbonyl (C=O) groups excluding carboxylic acids is 1. The number of piperidine rings is 1. The van der Waals surface area contributed by atoms with E-state index in [-0.39, 0.29) is 30.1 Å². The van der Waals surface area contributed by atoms with E-state index in [2.05, 4.69) is 16.3 Å². The van der Waals surface area contributed by atoms with Gasteiger partial charge in [-0.3, -0.25) is 9.69 Å². The topological polar surface area (TPSA) is 74.6 Å². The molecule has 30 heavy (non-hydrogen) atoms. The van der Waals surface area contributed by atoms with Gasteiger partial charge in [0.25, 0.3) is 5.91 Å². The Morgan fingerprint density at radius 1 is 1.20 bits per heavy atom. The summed E-state index contributed by atoms with van der Waals surface area (Å²) in [4.78, 5) is 14.4. The van der Waals surface area contributed by atoms with Crippen molar-refractivity contribution in [1.29, 1.82) is 5.26 Å². The van der Waals surface area contributed by atoms with E-state index < -0.39 is 0 Å². The molecule has 0 aliphatic carbocycles. The van der Waals surface area contributed by atoms with Gasteiger partial charge in [-0.05, 0) is 48.2 Å². The van der Waals surface area contributed by atoms with E-state index in [0.717, 1.165) is 37.1 Å². The third-order valence-corrected chi connectivity index (χ3v) is 5.15. The molecule has 7 heteroatoms. The molecule has 1 fully saturated rings. The standard InChI is InChI=1S/C23H26FN3O3/c1-29-22-7-4-18(14-21(22)24)15-27-12-9-19(10-13-27)26-23(28)16-30-20-5-2-17(3-6-20)8-11-25/h2-7,14,19H,8-10,12-13,15-16H2,1H3,(H,26,28). The monoisotopic (exact) mass is 411 g/mol. The molecule has 158 valence electrons. The van der Waals surface area contributed by atoms with Crippen LogP contribution in [0.4, 0.5) is 4.39 Å². The lowest BCUT2D eigenvalue weighted by atomic mass is 10.0. The molecule has 6 nitrogen and oxygen atoms in total. The number of nitriles is 1. The quantitative estimate of drug-likeness (QED) is 0.723. The third-order valence-electron chi connectivity index (χ3n) is 5.15. The van der Waals surface area contributed by atoms with Crippen molar-refractivity contribution in [3.63, 3.8) is 0 Å². The Labute approximate surface area is 176 Å². The van der Waals surface area contributed by atoms with Gasteiger partial charge < -0.3 is 14.8 Å². The lowest BCUT2D eigenvalue weighted by molar-refractivity contribution is -0.124. The van der Waals surface area contributed by atoms with Crippen molar-refractivity contribution in [3.8, 4) is 17.6 Å². The zero-order chi connectivity index (χ0) is 21.3. The van der Waals surface area contributed by atoms with Crippen LogP contribution in [0.3, 0.4) is 0 Å². The molecule has 1 amide bonds. The summed E-state index contributed by atoms with van der Waals surface area (Å²) in [5.74, 6) is 0.359. The van der Waals surface area contributed by atoms with Crippen LogP contribution >= 0.6 is 0 Å². The van der Waals surface area contributed by atoms with Gasteiger partial charge in [0, 0.05) is 25.7 Å². The normalized spacial score (nSPS) is 14.7. The van der Waals surface area contributed by atoms with Crippen LogP contribution in [0, 0.1) is 17.1 Å². The molecule has 2 aromatic carbocycles. The Bertz CT molecular complexity index is 888. The molecule has 0 unspecified atom stereocenters. The highest BCUT2D eigenvalue weighted by Gasteiger charge is 2.21. The number of benzene rings is 2. The second-order valence-electron chi connectivity index (χ2n) is 7.35. The van der Waals surface area contributed by atoms with Crippen molar-refractivity contribution >= 4 is 5.91 Å². The van der Waals surface area contributed by atoms with Crippen molar-refractivity contribution in [1.82, 2.24) is 10.2 Å². The molecule has 0 aromatic heterocycles. The Morgan fingerprint density at radius 3 is 2.53 bits per heavy atom. The van der Waals surface area contributed by atoms with Crippen LogP contribution in [0.15, 0.2) is 42.5 Å². The third kappa shape index (κ3) is 6.19. The van der Waals surface area contributed by atoms with Crippen molar-refractivity contribution in [2.75, 3.05) is 26.8 Å². The minimum Gasteiger partial charge on any atom is -0.494 e. The SMILES string of the molecule is COc1ccc(CN2CCC(NC(=O)COc3ccc(CC#N)cc3)CC2)cc1F. The largest absolute Gasteiger partial charge is 0.494 e. The van der Waals surface area contributed by atoms with E-state index in [0.29, 0.717) is 18.7 Å². The van der Waals surface area contributed by atoms with Gasteiger partial charge in [-0.1, -0.05) is 18.2 Å². The fourth-order valence-electron chi connectivity index (χ4n) is 3.51. The van der Waals surface area contributed by atoms with Crippen LogP contribution in [0.25, 0.3) is 0 Å². The van der Waals surface area contributed by atoms with E-state index >= 15 is 0 Å². The molecule has 0 atom stereocenters. The first-order valence-electron chi connectivity index (χ1n) is 10.00. The van der Waals surface area contributed by atoms with Crippen molar-refractivity contribution < 1.29 is 18.7 Å². The van der Waals surface area contributed by atoms with Crippen LogP contribution in [0.5, 0.6) is 11.5 Å². The van der Waals surface area contributed by atoms with Crippen LogP contribution in [-0.4, -0.2) is 43.7 Å². The number of nitrogens with one attached hydrogen (secondary N) is 1. The molecule has 1 heterocycles. The van der Waals surface area contributed by atoms with E-state index in [9.17, 15) is 9.18 Å². The maximum atomic E-state index is 13.8. The lowest BCUT2D eigenvalue weighted by Crippen LogP contribution is -2.45. The van der Waals surface area contributed by atoms with Crippen LogP contribution < -0.4 is 14.8 Å².